The minimum absolute atomic E-state index is 0.0113. The summed E-state index contributed by atoms with van der Waals surface area (Å²) in [6.07, 6.45) is 3.29. The molecule has 2 aromatic rings. The third-order valence-corrected chi connectivity index (χ3v) is 3.51. The number of hydrogen-bond acceptors (Lipinski definition) is 2. The van der Waals surface area contributed by atoms with Crippen molar-refractivity contribution in [2.45, 2.75) is 26.2 Å². The highest BCUT2D eigenvalue weighted by Gasteiger charge is 2.18. The third-order valence-electron chi connectivity index (χ3n) is 3.51. The number of aryl methyl sites for hydroxylation is 1. The quantitative estimate of drug-likeness (QED) is 0.853. The number of benzene rings is 1. The maximum Gasteiger partial charge on any atom is 0.345 e. The molecule has 0 spiro atoms. The Morgan fingerprint density at radius 3 is 2.76 bits per heavy atom. The summed E-state index contributed by atoms with van der Waals surface area (Å²) in [5, 5.41) is 2.15. The SMILES string of the molecule is CCc1cccc2[nH]c(=O)n(N3CCCC3)c12. The molecule has 1 N–H and O–H groups in total. The number of nitrogens with zero attached hydrogens (tertiary/aromatic N) is 2. The van der Waals surface area contributed by atoms with Crippen LogP contribution in [0, 0.1) is 0 Å². The predicted molar refractivity (Wildman–Crippen MR) is 69.1 cm³/mol. The van der Waals surface area contributed by atoms with Crippen LogP contribution >= 0.6 is 0 Å². The Hall–Kier alpha value is -1.71. The minimum atomic E-state index is -0.0113. The Kier molecular flexibility index (Phi) is 2.42. The molecule has 1 aromatic carbocycles. The van der Waals surface area contributed by atoms with Gasteiger partial charge in [0.05, 0.1) is 11.0 Å². The number of aromatic amines is 1. The van der Waals surface area contributed by atoms with Crippen molar-refractivity contribution in [3.63, 3.8) is 0 Å². The molecule has 17 heavy (non-hydrogen) atoms. The van der Waals surface area contributed by atoms with Crippen molar-refractivity contribution in [2.75, 3.05) is 18.1 Å². The molecule has 1 aromatic heterocycles. The van der Waals surface area contributed by atoms with E-state index in [1.54, 1.807) is 0 Å². The lowest BCUT2D eigenvalue weighted by Gasteiger charge is -2.19. The highest BCUT2D eigenvalue weighted by atomic mass is 16.2. The number of hydrogen-bond donors (Lipinski definition) is 1. The fraction of sp³-hybridized carbons (Fsp3) is 0.462. The van der Waals surface area contributed by atoms with Crippen LogP contribution in [0.15, 0.2) is 23.0 Å². The van der Waals surface area contributed by atoms with Crippen LogP contribution in [-0.2, 0) is 6.42 Å². The average Bonchev–Trinajstić information content (AvgIpc) is 2.93. The van der Waals surface area contributed by atoms with Crippen LogP contribution in [0.5, 0.6) is 0 Å². The molecule has 4 heteroatoms. The smallest absolute Gasteiger partial charge is 0.308 e. The second-order valence-electron chi connectivity index (χ2n) is 4.57. The monoisotopic (exact) mass is 231 g/mol. The number of H-pyrrole nitrogens is 1. The summed E-state index contributed by atoms with van der Waals surface area (Å²) in [6, 6.07) is 6.08. The van der Waals surface area contributed by atoms with Crippen molar-refractivity contribution >= 4 is 11.0 Å². The Morgan fingerprint density at radius 1 is 1.29 bits per heavy atom. The highest BCUT2D eigenvalue weighted by Crippen LogP contribution is 2.18. The van der Waals surface area contributed by atoms with Crippen molar-refractivity contribution in [2.24, 2.45) is 0 Å². The highest BCUT2D eigenvalue weighted by molar-refractivity contribution is 5.79. The van der Waals surface area contributed by atoms with Gasteiger partial charge in [0.15, 0.2) is 0 Å². The molecule has 1 aliphatic heterocycles. The molecule has 1 fully saturated rings. The molecular formula is C13H17N3O. The predicted octanol–water partition coefficient (Wildman–Crippen LogP) is 1.62. The van der Waals surface area contributed by atoms with Crippen molar-refractivity contribution in [1.82, 2.24) is 9.66 Å². The molecule has 1 aliphatic rings. The summed E-state index contributed by atoms with van der Waals surface area (Å²) in [7, 11) is 0. The molecular weight excluding hydrogens is 214 g/mol. The first-order valence-corrected chi connectivity index (χ1v) is 6.29. The van der Waals surface area contributed by atoms with Crippen LogP contribution in [0.4, 0.5) is 0 Å². The van der Waals surface area contributed by atoms with Gasteiger partial charge >= 0.3 is 5.69 Å². The van der Waals surface area contributed by atoms with E-state index >= 15 is 0 Å². The summed E-state index contributed by atoms with van der Waals surface area (Å²) in [6.45, 7) is 4.08. The van der Waals surface area contributed by atoms with Crippen LogP contribution in [0.3, 0.4) is 0 Å². The summed E-state index contributed by atoms with van der Waals surface area (Å²) >= 11 is 0. The number of fused-ring (bicyclic) bond motifs is 1. The van der Waals surface area contributed by atoms with Crippen molar-refractivity contribution in [3.8, 4) is 0 Å². The Bertz CT molecular complexity index is 590. The first-order chi connectivity index (χ1) is 8.31. The third kappa shape index (κ3) is 1.55. The van der Waals surface area contributed by atoms with Crippen LogP contribution in [-0.4, -0.2) is 22.7 Å². The number of rotatable bonds is 2. The fourth-order valence-corrected chi connectivity index (χ4v) is 2.67. The van der Waals surface area contributed by atoms with E-state index in [2.05, 4.69) is 23.0 Å². The minimum Gasteiger partial charge on any atom is -0.308 e. The lowest BCUT2D eigenvalue weighted by Crippen LogP contribution is -2.38. The molecule has 4 nitrogen and oxygen atoms in total. The normalized spacial score (nSPS) is 15.9. The lowest BCUT2D eigenvalue weighted by molar-refractivity contribution is 0.658. The maximum atomic E-state index is 12.1. The summed E-state index contributed by atoms with van der Waals surface area (Å²) in [5.41, 5.74) is 3.22. The first-order valence-electron chi connectivity index (χ1n) is 6.29. The van der Waals surface area contributed by atoms with Crippen molar-refractivity contribution in [3.05, 3.63) is 34.2 Å². The molecule has 3 rings (SSSR count). The molecule has 90 valence electrons. The van der Waals surface area contributed by atoms with Crippen molar-refractivity contribution in [1.29, 1.82) is 0 Å². The zero-order chi connectivity index (χ0) is 11.8. The van der Waals surface area contributed by atoms with Crippen LogP contribution in [0.1, 0.15) is 25.3 Å². The van der Waals surface area contributed by atoms with E-state index < -0.39 is 0 Å². The van der Waals surface area contributed by atoms with Gasteiger partial charge in [-0.15, -0.1) is 0 Å². The van der Waals surface area contributed by atoms with Gasteiger partial charge < -0.3 is 9.99 Å². The second-order valence-corrected chi connectivity index (χ2v) is 4.57. The Balaban J connectivity index is 2.28. The number of nitrogens with one attached hydrogen (secondary N) is 1. The molecule has 0 atom stereocenters. The fourth-order valence-electron chi connectivity index (χ4n) is 2.67. The maximum absolute atomic E-state index is 12.1. The van der Waals surface area contributed by atoms with E-state index in [0.29, 0.717) is 0 Å². The molecule has 0 bridgehead atoms. The van der Waals surface area contributed by atoms with Crippen LogP contribution in [0.2, 0.25) is 0 Å². The molecule has 0 unspecified atom stereocenters. The van der Waals surface area contributed by atoms with E-state index in [1.807, 2.05) is 16.8 Å². The Morgan fingerprint density at radius 2 is 2.06 bits per heavy atom. The van der Waals surface area contributed by atoms with Gasteiger partial charge in [0.1, 0.15) is 0 Å². The number of imidazole rings is 1. The molecule has 0 aliphatic carbocycles. The summed E-state index contributed by atoms with van der Waals surface area (Å²) in [5.74, 6) is 0. The van der Waals surface area contributed by atoms with Crippen LogP contribution in [0.25, 0.3) is 11.0 Å². The molecule has 0 amide bonds. The van der Waals surface area contributed by atoms with Gasteiger partial charge in [0, 0.05) is 13.1 Å². The second kappa shape index (κ2) is 3.95. The van der Waals surface area contributed by atoms with Gasteiger partial charge in [0.2, 0.25) is 0 Å². The van der Waals surface area contributed by atoms with Crippen LogP contribution < -0.4 is 10.7 Å². The largest absolute Gasteiger partial charge is 0.345 e. The number of para-hydroxylation sites is 1. The molecule has 0 saturated carbocycles. The van der Waals surface area contributed by atoms with Gasteiger partial charge in [-0.05, 0) is 30.9 Å². The topological polar surface area (TPSA) is 41.0 Å². The number of aromatic nitrogens is 2. The van der Waals surface area contributed by atoms with Gasteiger partial charge in [-0.25, -0.2) is 9.47 Å². The first kappa shape index (κ1) is 10.4. The van der Waals surface area contributed by atoms with Gasteiger partial charge in [-0.2, -0.15) is 0 Å². The van der Waals surface area contributed by atoms with E-state index in [1.165, 1.54) is 18.4 Å². The van der Waals surface area contributed by atoms with E-state index in [0.717, 1.165) is 30.5 Å². The summed E-state index contributed by atoms with van der Waals surface area (Å²) < 4.78 is 1.83. The molecule has 2 heterocycles. The van der Waals surface area contributed by atoms with E-state index in [9.17, 15) is 4.79 Å². The molecule has 0 radical (unpaired) electrons. The Labute approximate surface area is 99.8 Å². The van der Waals surface area contributed by atoms with E-state index in [-0.39, 0.29) is 5.69 Å². The standard InChI is InChI=1S/C13H17N3O/c1-2-10-6-5-7-11-12(10)16(13(17)14-11)15-8-3-4-9-15/h5-7H,2-4,8-9H2,1H3,(H,14,17). The van der Waals surface area contributed by atoms with E-state index in [4.69, 9.17) is 0 Å². The average molecular weight is 231 g/mol. The molecule has 1 saturated heterocycles. The summed E-state index contributed by atoms with van der Waals surface area (Å²) in [4.78, 5) is 15.0. The lowest BCUT2D eigenvalue weighted by atomic mass is 10.1. The zero-order valence-corrected chi connectivity index (χ0v) is 10.1. The van der Waals surface area contributed by atoms with Gasteiger partial charge in [0.25, 0.3) is 0 Å². The van der Waals surface area contributed by atoms with Gasteiger partial charge in [-0.1, -0.05) is 19.1 Å². The zero-order valence-electron chi connectivity index (χ0n) is 10.1. The van der Waals surface area contributed by atoms with Gasteiger partial charge in [-0.3, -0.25) is 0 Å². The van der Waals surface area contributed by atoms with Crippen molar-refractivity contribution < 1.29 is 0 Å².